The predicted octanol–water partition coefficient (Wildman–Crippen LogP) is 2.07. The summed E-state index contributed by atoms with van der Waals surface area (Å²) >= 11 is 1.28. The zero-order valence-corrected chi connectivity index (χ0v) is 14.6. The van der Waals surface area contributed by atoms with Crippen LogP contribution in [0.1, 0.15) is 20.8 Å². The van der Waals surface area contributed by atoms with Crippen LogP contribution in [0.4, 0.5) is 5.13 Å². The minimum absolute atomic E-state index is 0.299. The molecule has 0 saturated carbocycles. The van der Waals surface area contributed by atoms with Gasteiger partial charge in [-0.15, -0.1) is 11.3 Å². The first kappa shape index (κ1) is 16.7. The highest BCUT2D eigenvalue weighted by Crippen LogP contribution is 2.25. The highest BCUT2D eigenvalue weighted by molar-refractivity contribution is 7.14. The number of hydrogen-bond donors (Lipinski definition) is 3. The summed E-state index contributed by atoms with van der Waals surface area (Å²) in [5, 5.41) is 4.96. The average Bonchev–Trinajstić information content (AvgIpc) is 3.42. The molecule has 4 aromatic heterocycles. The molecule has 9 nitrogen and oxygen atoms in total. The second kappa shape index (κ2) is 6.84. The van der Waals surface area contributed by atoms with Crippen molar-refractivity contribution < 1.29 is 9.59 Å². The number of amides is 2. The number of carbonyl (C=O) groups is 2. The van der Waals surface area contributed by atoms with Crippen LogP contribution in [0.25, 0.3) is 17.1 Å². The highest BCUT2D eigenvalue weighted by atomic mass is 32.1. The number of primary amides is 1. The molecule has 0 aliphatic rings. The summed E-state index contributed by atoms with van der Waals surface area (Å²) in [5.41, 5.74) is 7.28. The molecule has 0 aromatic carbocycles. The molecule has 4 rings (SSSR count). The van der Waals surface area contributed by atoms with Crippen molar-refractivity contribution in [1.29, 1.82) is 0 Å². The van der Waals surface area contributed by atoms with Gasteiger partial charge in [-0.2, -0.15) is 0 Å². The molecule has 4 N–H and O–H groups in total. The molecule has 0 unspecified atom stereocenters. The lowest BCUT2D eigenvalue weighted by molar-refractivity contribution is 0.0994. The van der Waals surface area contributed by atoms with Crippen LogP contribution in [0.3, 0.4) is 0 Å². The average molecular weight is 379 g/mol. The van der Waals surface area contributed by atoms with Crippen molar-refractivity contribution in [1.82, 2.24) is 24.5 Å². The van der Waals surface area contributed by atoms with E-state index in [1.54, 1.807) is 53.1 Å². The molecule has 4 aromatic rings. The second-order valence-corrected chi connectivity index (χ2v) is 6.39. The summed E-state index contributed by atoms with van der Waals surface area (Å²) in [5.74, 6) is -0.192. The number of nitrogens with one attached hydrogen (secondary N) is 2. The van der Waals surface area contributed by atoms with E-state index in [9.17, 15) is 9.59 Å². The molecule has 4 heterocycles. The topological polar surface area (TPSA) is 132 Å². The Bertz CT molecular complexity index is 1100. The first-order chi connectivity index (χ1) is 13.1. The molecule has 0 spiro atoms. The number of H-pyrrole nitrogens is 1. The van der Waals surface area contributed by atoms with E-state index in [0.29, 0.717) is 33.5 Å². The number of carbonyl (C=O) groups excluding carboxylic acids is 2. The third-order valence-electron chi connectivity index (χ3n) is 3.75. The Morgan fingerprint density at radius 1 is 1.30 bits per heavy atom. The molecule has 0 bridgehead atoms. The monoisotopic (exact) mass is 379 g/mol. The van der Waals surface area contributed by atoms with E-state index in [4.69, 9.17) is 5.73 Å². The normalized spacial score (nSPS) is 10.7. The zero-order chi connectivity index (χ0) is 18.8. The summed E-state index contributed by atoms with van der Waals surface area (Å²) < 4.78 is 1.74. The fraction of sp³-hybridized carbons (Fsp3) is 0. The second-order valence-electron chi connectivity index (χ2n) is 5.53. The Labute approximate surface area is 156 Å². The minimum Gasteiger partial charge on any atom is -0.364 e. The maximum atomic E-state index is 12.4. The van der Waals surface area contributed by atoms with Gasteiger partial charge in [0.2, 0.25) is 0 Å². The van der Waals surface area contributed by atoms with Gasteiger partial charge >= 0.3 is 0 Å². The maximum absolute atomic E-state index is 12.4. The van der Waals surface area contributed by atoms with E-state index in [1.807, 2.05) is 0 Å². The molecule has 0 radical (unpaired) electrons. The van der Waals surface area contributed by atoms with Gasteiger partial charge in [0.05, 0.1) is 11.3 Å². The van der Waals surface area contributed by atoms with Crippen molar-refractivity contribution in [2.24, 2.45) is 5.73 Å². The fourth-order valence-corrected chi connectivity index (χ4v) is 3.10. The molecule has 10 heteroatoms. The Morgan fingerprint density at radius 2 is 2.19 bits per heavy atom. The Morgan fingerprint density at radius 3 is 2.85 bits per heavy atom. The van der Waals surface area contributed by atoms with Gasteiger partial charge in [-0.3, -0.25) is 19.5 Å². The molecule has 2 amide bonds. The number of anilines is 1. The third-order valence-corrected chi connectivity index (χ3v) is 4.51. The fourth-order valence-electron chi connectivity index (χ4n) is 2.39. The van der Waals surface area contributed by atoms with Crippen LogP contribution in [0.15, 0.2) is 54.7 Å². The number of hydrogen-bond acceptors (Lipinski definition) is 6. The number of nitrogens with two attached hydrogens (primary N) is 1. The third kappa shape index (κ3) is 3.46. The van der Waals surface area contributed by atoms with E-state index < -0.39 is 5.91 Å². The Balaban J connectivity index is 1.47. The van der Waals surface area contributed by atoms with Gasteiger partial charge in [0, 0.05) is 35.7 Å². The smallest absolute Gasteiger partial charge is 0.265 e. The lowest BCUT2D eigenvalue weighted by Crippen LogP contribution is -2.12. The molecule has 0 atom stereocenters. The molecule has 0 aliphatic heterocycles. The van der Waals surface area contributed by atoms with E-state index in [0.717, 1.165) is 0 Å². The van der Waals surface area contributed by atoms with Crippen molar-refractivity contribution in [3.63, 3.8) is 0 Å². The van der Waals surface area contributed by atoms with E-state index in [1.165, 1.54) is 17.5 Å². The van der Waals surface area contributed by atoms with Crippen LogP contribution >= 0.6 is 11.3 Å². The Kier molecular flexibility index (Phi) is 4.22. The van der Waals surface area contributed by atoms with Crippen LogP contribution in [0.5, 0.6) is 0 Å². The molecular formula is C17H13N7O2S. The molecule has 0 saturated heterocycles. The number of nitrogens with zero attached hydrogens (tertiary/aromatic N) is 4. The van der Waals surface area contributed by atoms with E-state index in [-0.39, 0.29) is 5.91 Å². The van der Waals surface area contributed by atoms with E-state index in [2.05, 4.69) is 25.3 Å². The lowest BCUT2D eigenvalue weighted by atomic mass is 10.2. The van der Waals surface area contributed by atoms with Crippen LogP contribution in [0, 0.1) is 0 Å². The van der Waals surface area contributed by atoms with Crippen LogP contribution in [-0.4, -0.2) is 36.3 Å². The van der Waals surface area contributed by atoms with Gasteiger partial charge in [0.15, 0.2) is 5.13 Å². The molecule has 0 fully saturated rings. The zero-order valence-electron chi connectivity index (χ0n) is 13.8. The minimum atomic E-state index is -0.545. The number of aromatic amines is 1. The largest absolute Gasteiger partial charge is 0.364 e. The van der Waals surface area contributed by atoms with Crippen molar-refractivity contribution in [3.05, 3.63) is 66.0 Å². The highest BCUT2D eigenvalue weighted by Gasteiger charge is 2.12. The number of thiazole rings is 1. The summed E-state index contributed by atoms with van der Waals surface area (Å²) in [6.07, 6.45) is 8.18. The van der Waals surface area contributed by atoms with Crippen LogP contribution in [-0.2, 0) is 0 Å². The van der Waals surface area contributed by atoms with Crippen molar-refractivity contribution in [2.75, 3.05) is 5.32 Å². The van der Waals surface area contributed by atoms with Gasteiger partial charge in [-0.25, -0.2) is 15.0 Å². The predicted molar refractivity (Wildman–Crippen MR) is 99.7 cm³/mol. The molecule has 134 valence electrons. The summed E-state index contributed by atoms with van der Waals surface area (Å²) in [6.45, 7) is 0. The van der Waals surface area contributed by atoms with Crippen molar-refractivity contribution in [2.45, 2.75) is 0 Å². The number of aromatic nitrogens is 5. The lowest BCUT2D eigenvalue weighted by Gasteiger charge is -2.04. The molecule has 0 aliphatic carbocycles. The standard InChI is InChI=1S/C17H13N7O2S/c18-15(25)12-5-11(7-20-12)13-8-27-17(22-13)23-16(26)10-1-2-14(21-6-10)24-4-3-19-9-24/h1-9,20H,(H2,18,25)(H,22,23,26). The summed E-state index contributed by atoms with van der Waals surface area (Å²) in [7, 11) is 0. The number of imidazole rings is 1. The SMILES string of the molecule is NC(=O)c1cc(-c2csc(NC(=O)c3ccc(-n4ccnc4)nc3)n2)c[nH]1. The summed E-state index contributed by atoms with van der Waals surface area (Å²) in [6, 6.07) is 5.02. The Hall–Kier alpha value is -3.79. The van der Waals surface area contributed by atoms with Crippen molar-refractivity contribution in [3.8, 4) is 17.1 Å². The first-order valence-corrected chi connectivity index (χ1v) is 8.68. The van der Waals surface area contributed by atoms with E-state index >= 15 is 0 Å². The quantitative estimate of drug-likeness (QED) is 0.488. The van der Waals surface area contributed by atoms with Gasteiger partial charge in [0.1, 0.15) is 17.8 Å². The van der Waals surface area contributed by atoms with Crippen molar-refractivity contribution >= 4 is 28.3 Å². The number of rotatable bonds is 5. The van der Waals surface area contributed by atoms with Gasteiger partial charge in [-0.05, 0) is 18.2 Å². The van der Waals surface area contributed by atoms with Crippen LogP contribution in [0.2, 0.25) is 0 Å². The van der Waals surface area contributed by atoms with Gasteiger partial charge in [-0.1, -0.05) is 0 Å². The van der Waals surface area contributed by atoms with Gasteiger partial charge in [0.25, 0.3) is 11.8 Å². The van der Waals surface area contributed by atoms with Crippen LogP contribution < -0.4 is 11.1 Å². The maximum Gasteiger partial charge on any atom is 0.265 e. The summed E-state index contributed by atoms with van der Waals surface area (Å²) in [4.78, 5) is 38.9. The number of pyridine rings is 1. The first-order valence-electron chi connectivity index (χ1n) is 7.80. The molecular weight excluding hydrogens is 366 g/mol. The van der Waals surface area contributed by atoms with Gasteiger partial charge < -0.3 is 10.7 Å². The molecule has 27 heavy (non-hydrogen) atoms.